The van der Waals surface area contributed by atoms with Crippen LogP contribution in [0.1, 0.15) is 48.2 Å². The van der Waals surface area contributed by atoms with E-state index < -0.39 is 5.92 Å². The lowest BCUT2D eigenvalue weighted by molar-refractivity contribution is -0.128. The van der Waals surface area contributed by atoms with Gasteiger partial charge in [0.15, 0.2) is 0 Å². The average Bonchev–Trinajstić information content (AvgIpc) is 3.16. The standard InChI is InChI=1S/C17H22N6O2/c1-9-12(7-19-23(9)3)15-11(6-14(24)22(15)2)16(25)21-17-18-8-13(20-17)10-4-5-10/h7-8,10-11,15H,4-6H2,1-3H3,(H2,18,20,21,25)/t11-,15-/m0/s1. The number of aryl methyl sites for hydroxylation is 1. The van der Waals surface area contributed by atoms with Crippen LogP contribution in [0.2, 0.25) is 0 Å². The molecular formula is C17H22N6O2. The lowest BCUT2D eigenvalue weighted by Gasteiger charge is -2.24. The van der Waals surface area contributed by atoms with Crippen molar-refractivity contribution in [2.75, 3.05) is 12.4 Å². The summed E-state index contributed by atoms with van der Waals surface area (Å²) in [6.45, 7) is 1.95. The van der Waals surface area contributed by atoms with E-state index in [1.165, 1.54) is 12.8 Å². The second-order valence-electron chi connectivity index (χ2n) is 7.02. The third-order valence-corrected chi connectivity index (χ3v) is 5.37. The first-order valence-electron chi connectivity index (χ1n) is 8.55. The molecule has 4 rings (SSSR count). The third-order valence-electron chi connectivity index (χ3n) is 5.37. The zero-order valence-corrected chi connectivity index (χ0v) is 14.6. The van der Waals surface area contributed by atoms with Gasteiger partial charge >= 0.3 is 0 Å². The Morgan fingerprint density at radius 2 is 2.08 bits per heavy atom. The predicted octanol–water partition coefficient (Wildman–Crippen LogP) is 1.49. The SMILES string of the molecule is Cc1c([C@@H]2[C@@H](C(=O)Nc3ncc(C4CC4)[nH]3)CC(=O)N2C)cnn1C. The quantitative estimate of drug-likeness (QED) is 0.880. The minimum atomic E-state index is -0.463. The molecular weight excluding hydrogens is 320 g/mol. The first-order chi connectivity index (χ1) is 12.0. The van der Waals surface area contributed by atoms with Crippen molar-refractivity contribution in [1.82, 2.24) is 24.6 Å². The molecule has 2 aromatic heterocycles. The van der Waals surface area contributed by atoms with Crippen molar-refractivity contribution in [3.8, 4) is 0 Å². The van der Waals surface area contributed by atoms with E-state index in [4.69, 9.17) is 0 Å². The molecule has 2 amide bonds. The molecule has 8 heteroatoms. The Morgan fingerprint density at radius 3 is 2.72 bits per heavy atom. The molecule has 2 aromatic rings. The van der Waals surface area contributed by atoms with Gasteiger partial charge in [-0.25, -0.2) is 4.98 Å². The first-order valence-corrected chi connectivity index (χ1v) is 8.55. The van der Waals surface area contributed by atoms with Crippen molar-refractivity contribution in [2.45, 2.75) is 38.1 Å². The molecule has 1 saturated carbocycles. The highest BCUT2D eigenvalue weighted by molar-refractivity contribution is 5.97. The van der Waals surface area contributed by atoms with Crippen LogP contribution in [-0.4, -0.2) is 43.5 Å². The lowest BCUT2D eigenvalue weighted by Crippen LogP contribution is -2.30. The van der Waals surface area contributed by atoms with E-state index in [0.717, 1.165) is 17.0 Å². The Labute approximate surface area is 145 Å². The van der Waals surface area contributed by atoms with Gasteiger partial charge in [-0.15, -0.1) is 0 Å². The number of hydrogen-bond donors (Lipinski definition) is 2. The second-order valence-corrected chi connectivity index (χ2v) is 7.02. The average molecular weight is 342 g/mol. The van der Waals surface area contributed by atoms with Crippen molar-refractivity contribution in [3.05, 3.63) is 29.3 Å². The number of nitrogens with zero attached hydrogens (tertiary/aromatic N) is 4. The number of likely N-dealkylation sites (tertiary alicyclic amines) is 1. The highest BCUT2D eigenvalue weighted by Gasteiger charge is 2.44. The number of rotatable bonds is 4. The molecule has 25 heavy (non-hydrogen) atoms. The Bertz CT molecular complexity index is 834. The van der Waals surface area contributed by atoms with Gasteiger partial charge in [0.2, 0.25) is 17.8 Å². The van der Waals surface area contributed by atoms with Crippen LogP contribution in [0.5, 0.6) is 0 Å². The highest BCUT2D eigenvalue weighted by atomic mass is 16.2. The molecule has 1 aliphatic heterocycles. The summed E-state index contributed by atoms with van der Waals surface area (Å²) in [5.74, 6) is 0.308. The zero-order valence-electron chi connectivity index (χ0n) is 14.6. The summed E-state index contributed by atoms with van der Waals surface area (Å²) in [7, 11) is 3.59. The molecule has 3 heterocycles. The van der Waals surface area contributed by atoms with Gasteiger partial charge < -0.3 is 9.88 Å². The number of imidazole rings is 1. The number of carbonyl (C=O) groups is 2. The zero-order chi connectivity index (χ0) is 17.7. The summed E-state index contributed by atoms with van der Waals surface area (Å²) in [5.41, 5.74) is 2.93. The molecule has 0 spiro atoms. The lowest BCUT2D eigenvalue weighted by atomic mass is 9.93. The number of H-pyrrole nitrogens is 1. The number of nitrogens with one attached hydrogen (secondary N) is 2. The first kappa shape index (κ1) is 15.9. The number of carbonyl (C=O) groups excluding carboxylic acids is 2. The summed E-state index contributed by atoms with van der Waals surface area (Å²) in [4.78, 5) is 34.1. The number of anilines is 1. The third kappa shape index (κ3) is 2.71. The summed E-state index contributed by atoms with van der Waals surface area (Å²) in [5, 5.41) is 7.10. The Balaban J connectivity index is 1.56. The van der Waals surface area contributed by atoms with Crippen molar-refractivity contribution < 1.29 is 9.59 Å². The Hall–Kier alpha value is -2.64. The van der Waals surface area contributed by atoms with Crippen molar-refractivity contribution in [3.63, 3.8) is 0 Å². The summed E-state index contributed by atoms with van der Waals surface area (Å²) in [6.07, 6.45) is 6.05. The number of hydrogen-bond acceptors (Lipinski definition) is 4. The fourth-order valence-electron chi connectivity index (χ4n) is 3.55. The van der Waals surface area contributed by atoms with Crippen molar-refractivity contribution in [2.24, 2.45) is 13.0 Å². The molecule has 8 nitrogen and oxygen atoms in total. The van der Waals surface area contributed by atoms with E-state index in [-0.39, 0.29) is 24.3 Å². The fraction of sp³-hybridized carbons (Fsp3) is 0.529. The van der Waals surface area contributed by atoms with Gasteiger partial charge in [0.25, 0.3) is 0 Å². The van der Waals surface area contributed by atoms with E-state index >= 15 is 0 Å². The molecule has 2 aliphatic rings. The van der Waals surface area contributed by atoms with Crippen LogP contribution in [0.4, 0.5) is 5.95 Å². The smallest absolute Gasteiger partial charge is 0.232 e. The maximum absolute atomic E-state index is 12.8. The molecule has 1 aliphatic carbocycles. The van der Waals surface area contributed by atoms with E-state index in [0.29, 0.717) is 11.9 Å². The molecule has 132 valence electrons. The molecule has 0 radical (unpaired) electrons. The summed E-state index contributed by atoms with van der Waals surface area (Å²) >= 11 is 0. The fourth-order valence-corrected chi connectivity index (χ4v) is 3.55. The van der Waals surface area contributed by atoms with Crippen LogP contribution < -0.4 is 5.32 Å². The maximum atomic E-state index is 12.8. The van der Waals surface area contributed by atoms with Gasteiger partial charge in [0, 0.05) is 43.4 Å². The normalized spacial score (nSPS) is 23.3. The van der Waals surface area contributed by atoms with Gasteiger partial charge in [-0.1, -0.05) is 0 Å². The van der Waals surface area contributed by atoms with Gasteiger partial charge in [-0.2, -0.15) is 5.10 Å². The minimum absolute atomic E-state index is 0.0356. The van der Waals surface area contributed by atoms with Crippen LogP contribution in [0.3, 0.4) is 0 Å². The summed E-state index contributed by atoms with van der Waals surface area (Å²) in [6, 6.07) is -0.306. The molecule has 0 unspecified atom stereocenters. The van der Waals surface area contributed by atoms with E-state index in [9.17, 15) is 9.59 Å². The van der Waals surface area contributed by atoms with E-state index in [2.05, 4.69) is 20.4 Å². The largest absolute Gasteiger partial charge is 0.338 e. The van der Waals surface area contributed by atoms with Gasteiger partial charge in [0.1, 0.15) is 0 Å². The van der Waals surface area contributed by atoms with Crippen LogP contribution >= 0.6 is 0 Å². The molecule has 0 bridgehead atoms. The second kappa shape index (κ2) is 5.72. The summed E-state index contributed by atoms with van der Waals surface area (Å²) < 4.78 is 1.76. The molecule has 1 saturated heterocycles. The Kier molecular flexibility index (Phi) is 3.63. The topological polar surface area (TPSA) is 95.9 Å². The molecule has 2 atom stereocenters. The van der Waals surface area contributed by atoms with Gasteiger partial charge in [-0.3, -0.25) is 19.6 Å². The minimum Gasteiger partial charge on any atom is -0.338 e. The Morgan fingerprint density at radius 1 is 1.32 bits per heavy atom. The van der Waals surface area contributed by atoms with Gasteiger partial charge in [0.05, 0.1) is 24.4 Å². The number of amides is 2. The van der Waals surface area contributed by atoms with Crippen LogP contribution in [0, 0.1) is 12.8 Å². The predicted molar refractivity (Wildman–Crippen MR) is 90.8 cm³/mol. The monoisotopic (exact) mass is 342 g/mol. The van der Waals surface area contributed by atoms with E-state index in [1.807, 2.05) is 14.0 Å². The number of aromatic nitrogens is 4. The van der Waals surface area contributed by atoms with Crippen LogP contribution in [0.25, 0.3) is 0 Å². The van der Waals surface area contributed by atoms with E-state index in [1.54, 1.807) is 29.0 Å². The van der Waals surface area contributed by atoms with Crippen LogP contribution in [0.15, 0.2) is 12.4 Å². The number of aromatic amines is 1. The van der Waals surface area contributed by atoms with Crippen molar-refractivity contribution in [1.29, 1.82) is 0 Å². The molecule has 2 N–H and O–H groups in total. The van der Waals surface area contributed by atoms with Crippen molar-refractivity contribution >= 4 is 17.8 Å². The van der Waals surface area contributed by atoms with Gasteiger partial charge in [-0.05, 0) is 19.8 Å². The maximum Gasteiger partial charge on any atom is 0.232 e. The molecule has 2 fully saturated rings. The van der Waals surface area contributed by atoms with Crippen LogP contribution in [-0.2, 0) is 16.6 Å². The highest BCUT2D eigenvalue weighted by Crippen LogP contribution is 2.40. The molecule has 0 aromatic carbocycles.